The smallest absolute Gasteiger partial charge is 0.0503 e. The van der Waals surface area contributed by atoms with Gasteiger partial charge in [0.15, 0.2) is 0 Å². The average molecular weight is 199 g/mol. The van der Waals surface area contributed by atoms with E-state index in [0.717, 1.165) is 37.5 Å². The summed E-state index contributed by atoms with van der Waals surface area (Å²) in [4.78, 5) is 0. The summed E-state index contributed by atoms with van der Waals surface area (Å²) in [6.07, 6.45) is 2.83. The quantitative estimate of drug-likeness (QED) is 0.682. The van der Waals surface area contributed by atoms with Crippen LogP contribution in [0.5, 0.6) is 0 Å². The summed E-state index contributed by atoms with van der Waals surface area (Å²) in [5.41, 5.74) is 5.54. The van der Waals surface area contributed by atoms with E-state index in [1.807, 2.05) is 0 Å². The molecule has 2 heteroatoms. The minimum atomic E-state index is 0.502. The molecule has 1 aliphatic carbocycles. The highest BCUT2D eigenvalue weighted by Crippen LogP contribution is 2.40. The second kappa shape index (κ2) is 5.72. The maximum atomic E-state index is 5.73. The van der Waals surface area contributed by atoms with Gasteiger partial charge in [0.25, 0.3) is 0 Å². The molecule has 14 heavy (non-hydrogen) atoms. The van der Waals surface area contributed by atoms with Crippen molar-refractivity contribution >= 4 is 0 Å². The van der Waals surface area contributed by atoms with Crippen molar-refractivity contribution < 1.29 is 4.74 Å². The van der Waals surface area contributed by atoms with Crippen molar-refractivity contribution in [3.8, 4) is 0 Å². The highest BCUT2D eigenvalue weighted by Gasteiger charge is 2.33. The number of hydrogen-bond donors (Lipinski definition) is 1. The predicted octanol–water partition coefficient (Wildman–Crippen LogP) is 2.28. The Balaban J connectivity index is 2.13. The van der Waals surface area contributed by atoms with Gasteiger partial charge in [0.1, 0.15) is 0 Å². The fourth-order valence-corrected chi connectivity index (χ4v) is 1.87. The summed E-state index contributed by atoms with van der Waals surface area (Å²) in [5.74, 6) is 2.99. The van der Waals surface area contributed by atoms with Crippen LogP contribution in [0.3, 0.4) is 0 Å². The SMILES string of the molecule is CC(CN)COCC(C(C)C)C1CC1. The van der Waals surface area contributed by atoms with Crippen LogP contribution in [0.4, 0.5) is 0 Å². The van der Waals surface area contributed by atoms with Crippen LogP contribution in [-0.2, 0) is 4.74 Å². The second-order valence-corrected chi connectivity index (χ2v) is 5.12. The molecule has 1 saturated carbocycles. The Morgan fingerprint density at radius 3 is 2.29 bits per heavy atom. The van der Waals surface area contributed by atoms with Crippen LogP contribution in [-0.4, -0.2) is 19.8 Å². The van der Waals surface area contributed by atoms with Crippen LogP contribution in [0.2, 0.25) is 0 Å². The molecular formula is C12H25NO. The zero-order valence-corrected chi connectivity index (χ0v) is 9.83. The largest absolute Gasteiger partial charge is 0.381 e. The number of rotatable bonds is 7. The van der Waals surface area contributed by atoms with E-state index in [2.05, 4.69) is 20.8 Å². The van der Waals surface area contributed by atoms with Crippen molar-refractivity contribution in [3.05, 3.63) is 0 Å². The van der Waals surface area contributed by atoms with E-state index in [0.29, 0.717) is 5.92 Å². The van der Waals surface area contributed by atoms with E-state index >= 15 is 0 Å². The summed E-state index contributed by atoms with van der Waals surface area (Å²) in [7, 11) is 0. The molecule has 1 aliphatic rings. The Labute approximate surface area is 88.2 Å². The third-order valence-corrected chi connectivity index (χ3v) is 3.20. The van der Waals surface area contributed by atoms with E-state index in [1.54, 1.807) is 0 Å². The molecule has 0 radical (unpaired) electrons. The van der Waals surface area contributed by atoms with E-state index in [4.69, 9.17) is 10.5 Å². The Morgan fingerprint density at radius 2 is 1.86 bits per heavy atom. The first-order valence-electron chi connectivity index (χ1n) is 5.93. The van der Waals surface area contributed by atoms with Gasteiger partial charge in [-0.1, -0.05) is 20.8 Å². The molecule has 0 aromatic rings. The lowest BCUT2D eigenvalue weighted by molar-refractivity contribution is 0.0559. The minimum absolute atomic E-state index is 0.502. The van der Waals surface area contributed by atoms with Crippen molar-refractivity contribution in [2.75, 3.05) is 19.8 Å². The standard InChI is InChI=1S/C12H25NO/c1-9(2)12(11-4-5-11)8-14-7-10(3)6-13/h9-12H,4-8,13H2,1-3H3. The van der Waals surface area contributed by atoms with Crippen LogP contribution < -0.4 is 5.73 Å². The lowest BCUT2D eigenvalue weighted by atomic mass is 9.92. The molecule has 0 aliphatic heterocycles. The highest BCUT2D eigenvalue weighted by atomic mass is 16.5. The summed E-state index contributed by atoms with van der Waals surface area (Å²) in [5, 5.41) is 0. The van der Waals surface area contributed by atoms with Crippen molar-refractivity contribution in [2.24, 2.45) is 29.4 Å². The number of hydrogen-bond acceptors (Lipinski definition) is 2. The zero-order chi connectivity index (χ0) is 10.6. The molecule has 1 rings (SSSR count). The van der Waals surface area contributed by atoms with E-state index in [-0.39, 0.29) is 0 Å². The normalized spacial score (nSPS) is 21.2. The van der Waals surface area contributed by atoms with Crippen molar-refractivity contribution in [3.63, 3.8) is 0 Å². The molecular weight excluding hydrogens is 174 g/mol. The summed E-state index contributed by atoms with van der Waals surface area (Å²) >= 11 is 0. The highest BCUT2D eigenvalue weighted by molar-refractivity contribution is 4.82. The van der Waals surface area contributed by atoms with Gasteiger partial charge >= 0.3 is 0 Å². The monoisotopic (exact) mass is 199 g/mol. The fraction of sp³-hybridized carbons (Fsp3) is 1.00. The van der Waals surface area contributed by atoms with Crippen LogP contribution in [0.15, 0.2) is 0 Å². The minimum Gasteiger partial charge on any atom is -0.381 e. The first-order valence-corrected chi connectivity index (χ1v) is 5.93. The number of ether oxygens (including phenoxy) is 1. The molecule has 84 valence electrons. The third kappa shape index (κ3) is 3.97. The molecule has 1 fully saturated rings. The summed E-state index contributed by atoms with van der Waals surface area (Å²) in [6, 6.07) is 0. The Kier molecular flexibility index (Phi) is 4.90. The molecule has 2 N–H and O–H groups in total. The van der Waals surface area contributed by atoms with Gasteiger partial charge in [0.2, 0.25) is 0 Å². The van der Waals surface area contributed by atoms with Crippen molar-refractivity contribution in [1.29, 1.82) is 0 Å². The lowest BCUT2D eigenvalue weighted by Gasteiger charge is -2.21. The summed E-state index contributed by atoms with van der Waals surface area (Å²) in [6.45, 7) is 9.24. The molecule has 2 unspecified atom stereocenters. The van der Waals surface area contributed by atoms with Gasteiger partial charge in [-0.3, -0.25) is 0 Å². The van der Waals surface area contributed by atoms with Crippen LogP contribution >= 0.6 is 0 Å². The maximum Gasteiger partial charge on any atom is 0.0503 e. The predicted molar refractivity (Wildman–Crippen MR) is 60.1 cm³/mol. The number of nitrogens with two attached hydrogens (primary N) is 1. The van der Waals surface area contributed by atoms with Crippen LogP contribution in [0.25, 0.3) is 0 Å². The molecule has 0 bridgehead atoms. The van der Waals surface area contributed by atoms with Gasteiger partial charge in [-0.25, -0.2) is 0 Å². The molecule has 2 atom stereocenters. The van der Waals surface area contributed by atoms with Crippen molar-refractivity contribution in [2.45, 2.75) is 33.6 Å². The third-order valence-electron chi connectivity index (χ3n) is 3.20. The van der Waals surface area contributed by atoms with Gasteiger partial charge in [0.05, 0.1) is 6.61 Å². The first kappa shape index (κ1) is 12.0. The first-order chi connectivity index (χ1) is 6.65. The molecule has 0 aromatic carbocycles. The average Bonchev–Trinajstić information content (AvgIpc) is 2.94. The Bertz CT molecular complexity index is 152. The van der Waals surface area contributed by atoms with Crippen LogP contribution in [0.1, 0.15) is 33.6 Å². The molecule has 0 aromatic heterocycles. The molecule has 0 saturated heterocycles. The van der Waals surface area contributed by atoms with E-state index in [9.17, 15) is 0 Å². The molecule has 0 amide bonds. The van der Waals surface area contributed by atoms with Gasteiger partial charge in [-0.2, -0.15) is 0 Å². The summed E-state index contributed by atoms with van der Waals surface area (Å²) < 4.78 is 5.73. The van der Waals surface area contributed by atoms with Crippen LogP contribution in [0, 0.1) is 23.7 Å². The van der Waals surface area contributed by atoms with Gasteiger partial charge in [0, 0.05) is 6.61 Å². The van der Waals surface area contributed by atoms with Gasteiger partial charge in [-0.15, -0.1) is 0 Å². The van der Waals surface area contributed by atoms with Gasteiger partial charge < -0.3 is 10.5 Å². The maximum absolute atomic E-state index is 5.73. The molecule has 0 spiro atoms. The molecule has 2 nitrogen and oxygen atoms in total. The van der Waals surface area contributed by atoms with Crippen molar-refractivity contribution in [1.82, 2.24) is 0 Å². The Hall–Kier alpha value is -0.0800. The van der Waals surface area contributed by atoms with Gasteiger partial charge in [-0.05, 0) is 43.1 Å². The van der Waals surface area contributed by atoms with E-state index < -0.39 is 0 Å². The zero-order valence-electron chi connectivity index (χ0n) is 9.83. The fourth-order valence-electron chi connectivity index (χ4n) is 1.87. The molecule has 0 heterocycles. The lowest BCUT2D eigenvalue weighted by Crippen LogP contribution is -2.22. The Morgan fingerprint density at radius 1 is 1.21 bits per heavy atom. The second-order valence-electron chi connectivity index (χ2n) is 5.12. The van der Waals surface area contributed by atoms with E-state index in [1.165, 1.54) is 12.8 Å². The topological polar surface area (TPSA) is 35.2 Å².